The zero-order chi connectivity index (χ0) is 22.8. The number of aryl methyl sites for hydroxylation is 2. The third-order valence-electron chi connectivity index (χ3n) is 5.30. The maximum Gasteiger partial charge on any atom is 0.416 e. The summed E-state index contributed by atoms with van der Waals surface area (Å²) in [6.45, 7) is 4.47. The van der Waals surface area contributed by atoms with Crippen LogP contribution in [0.25, 0.3) is 6.08 Å². The average Bonchev–Trinajstić information content (AvgIpc) is 2.73. The molecular weight excluding hydrogens is 429 g/mol. The quantitative estimate of drug-likeness (QED) is 0.662. The first-order chi connectivity index (χ1) is 14.5. The predicted octanol–water partition coefficient (Wildman–Crippen LogP) is 3.87. The van der Waals surface area contributed by atoms with Crippen LogP contribution in [0.2, 0.25) is 0 Å². The standard InChI is InChI=1S/C22H23F3N2O3S/c1-16-6-8-20(14-17(16)2)31(29,30)27-12-10-26(11-13-27)21(28)9-7-18-4-3-5-19(15-18)22(23,24)25/h3-9,14-15H,10-13H2,1-2H3. The lowest BCUT2D eigenvalue weighted by Gasteiger charge is -2.33. The Kier molecular flexibility index (Phi) is 6.56. The number of rotatable bonds is 4. The van der Waals surface area contributed by atoms with E-state index in [1.807, 2.05) is 13.8 Å². The highest BCUT2D eigenvalue weighted by Gasteiger charge is 2.31. The molecule has 0 aromatic heterocycles. The summed E-state index contributed by atoms with van der Waals surface area (Å²) in [7, 11) is -3.65. The molecule has 1 fully saturated rings. The minimum absolute atomic E-state index is 0.151. The molecule has 0 atom stereocenters. The molecule has 2 aromatic carbocycles. The van der Waals surface area contributed by atoms with Crippen LogP contribution in [-0.4, -0.2) is 49.7 Å². The number of sulfonamides is 1. The topological polar surface area (TPSA) is 57.7 Å². The molecule has 0 N–H and O–H groups in total. The Labute approximate surface area is 179 Å². The minimum Gasteiger partial charge on any atom is -0.337 e. The third kappa shape index (κ3) is 5.34. The SMILES string of the molecule is Cc1ccc(S(=O)(=O)N2CCN(C(=O)C=Cc3cccc(C(F)(F)F)c3)CC2)cc1C. The summed E-state index contributed by atoms with van der Waals surface area (Å²) in [6.07, 6.45) is -1.91. The van der Waals surface area contributed by atoms with E-state index < -0.39 is 21.8 Å². The summed E-state index contributed by atoms with van der Waals surface area (Å²) < 4.78 is 65.5. The van der Waals surface area contributed by atoms with Crippen LogP contribution in [0.15, 0.2) is 53.4 Å². The van der Waals surface area contributed by atoms with E-state index in [0.29, 0.717) is 0 Å². The van der Waals surface area contributed by atoms with Gasteiger partial charge in [0.25, 0.3) is 0 Å². The molecule has 0 saturated carbocycles. The van der Waals surface area contributed by atoms with Gasteiger partial charge in [0.05, 0.1) is 10.5 Å². The second kappa shape index (κ2) is 8.84. The fraction of sp³-hybridized carbons (Fsp3) is 0.318. The summed E-state index contributed by atoms with van der Waals surface area (Å²) in [4.78, 5) is 14.1. The van der Waals surface area contributed by atoms with E-state index in [9.17, 15) is 26.4 Å². The zero-order valence-corrected chi connectivity index (χ0v) is 18.0. The fourth-order valence-electron chi connectivity index (χ4n) is 3.26. The van der Waals surface area contributed by atoms with Crippen molar-refractivity contribution in [2.24, 2.45) is 0 Å². The number of halogens is 3. The highest BCUT2D eigenvalue weighted by Crippen LogP contribution is 2.29. The molecule has 0 spiro atoms. The summed E-state index contributed by atoms with van der Waals surface area (Å²) in [5.41, 5.74) is 1.36. The number of amides is 1. The zero-order valence-electron chi connectivity index (χ0n) is 17.2. The Balaban J connectivity index is 1.63. The van der Waals surface area contributed by atoms with Crippen LogP contribution in [0.5, 0.6) is 0 Å². The molecule has 9 heteroatoms. The van der Waals surface area contributed by atoms with E-state index >= 15 is 0 Å². The first-order valence-corrected chi connectivity index (χ1v) is 11.1. The molecular formula is C22H23F3N2O3S. The molecule has 2 aromatic rings. The van der Waals surface area contributed by atoms with E-state index in [4.69, 9.17) is 0 Å². The van der Waals surface area contributed by atoms with Gasteiger partial charge in [-0.25, -0.2) is 8.42 Å². The monoisotopic (exact) mass is 452 g/mol. The van der Waals surface area contributed by atoms with Crippen molar-refractivity contribution < 1.29 is 26.4 Å². The Morgan fingerprint density at radius 2 is 1.65 bits per heavy atom. The molecule has 0 aliphatic carbocycles. The number of piperazine rings is 1. The van der Waals surface area contributed by atoms with Gasteiger partial charge in [-0.1, -0.05) is 18.2 Å². The van der Waals surface area contributed by atoms with Crippen molar-refractivity contribution in [2.75, 3.05) is 26.2 Å². The Bertz CT molecular complexity index is 1100. The van der Waals surface area contributed by atoms with Gasteiger partial charge >= 0.3 is 6.18 Å². The molecule has 0 bridgehead atoms. The van der Waals surface area contributed by atoms with Gasteiger partial charge in [-0.05, 0) is 60.9 Å². The normalized spacial score (nSPS) is 16.1. The molecule has 1 aliphatic rings. The summed E-state index contributed by atoms with van der Waals surface area (Å²) in [5.74, 6) is -0.374. The second-order valence-electron chi connectivity index (χ2n) is 7.43. The first kappa shape index (κ1) is 23.0. The number of carbonyl (C=O) groups excluding carboxylic acids is 1. The molecule has 31 heavy (non-hydrogen) atoms. The maximum atomic E-state index is 12.9. The van der Waals surface area contributed by atoms with Crippen LogP contribution in [-0.2, 0) is 21.0 Å². The van der Waals surface area contributed by atoms with Crippen molar-refractivity contribution in [3.05, 3.63) is 70.8 Å². The van der Waals surface area contributed by atoms with Crippen LogP contribution < -0.4 is 0 Å². The van der Waals surface area contributed by atoms with E-state index in [1.54, 1.807) is 18.2 Å². The van der Waals surface area contributed by atoms with Gasteiger partial charge in [-0.2, -0.15) is 17.5 Å². The molecule has 0 unspecified atom stereocenters. The Morgan fingerprint density at radius 3 is 2.26 bits per heavy atom. The van der Waals surface area contributed by atoms with E-state index in [2.05, 4.69) is 0 Å². The molecule has 3 rings (SSSR count). The molecule has 5 nitrogen and oxygen atoms in total. The van der Waals surface area contributed by atoms with Gasteiger partial charge in [0.1, 0.15) is 0 Å². The van der Waals surface area contributed by atoms with Crippen molar-refractivity contribution in [1.82, 2.24) is 9.21 Å². The van der Waals surface area contributed by atoms with E-state index in [1.165, 1.54) is 33.5 Å². The molecule has 1 aliphatic heterocycles. The lowest BCUT2D eigenvalue weighted by atomic mass is 10.1. The van der Waals surface area contributed by atoms with E-state index in [-0.39, 0.29) is 42.5 Å². The van der Waals surface area contributed by atoms with Crippen molar-refractivity contribution in [3.8, 4) is 0 Å². The van der Waals surface area contributed by atoms with Crippen LogP contribution in [0.3, 0.4) is 0 Å². The largest absolute Gasteiger partial charge is 0.416 e. The maximum absolute atomic E-state index is 12.9. The minimum atomic E-state index is -4.45. The summed E-state index contributed by atoms with van der Waals surface area (Å²) >= 11 is 0. The van der Waals surface area contributed by atoms with Gasteiger partial charge in [0, 0.05) is 32.3 Å². The van der Waals surface area contributed by atoms with Gasteiger partial charge in [-0.15, -0.1) is 0 Å². The number of alkyl halides is 3. The van der Waals surface area contributed by atoms with Gasteiger partial charge in [0.2, 0.25) is 15.9 Å². The lowest BCUT2D eigenvalue weighted by molar-refractivity contribution is -0.137. The average molecular weight is 452 g/mol. The molecule has 1 saturated heterocycles. The fourth-order valence-corrected chi connectivity index (χ4v) is 4.77. The molecule has 1 amide bonds. The number of benzene rings is 2. The Morgan fingerprint density at radius 1 is 0.968 bits per heavy atom. The summed E-state index contributed by atoms with van der Waals surface area (Å²) in [5, 5.41) is 0. The third-order valence-corrected chi connectivity index (χ3v) is 7.19. The van der Waals surface area contributed by atoms with Crippen LogP contribution in [0.1, 0.15) is 22.3 Å². The molecule has 0 radical (unpaired) electrons. The smallest absolute Gasteiger partial charge is 0.337 e. The van der Waals surface area contributed by atoms with Crippen molar-refractivity contribution in [3.63, 3.8) is 0 Å². The first-order valence-electron chi connectivity index (χ1n) is 9.70. The van der Waals surface area contributed by atoms with Crippen molar-refractivity contribution in [1.29, 1.82) is 0 Å². The number of hydrogen-bond donors (Lipinski definition) is 0. The van der Waals surface area contributed by atoms with Crippen LogP contribution >= 0.6 is 0 Å². The van der Waals surface area contributed by atoms with Gasteiger partial charge < -0.3 is 4.90 Å². The highest BCUT2D eigenvalue weighted by atomic mass is 32.2. The second-order valence-corrected chi connectivity index (χ2v) is 9.37. The highest BCUT2D eigenvalue weighted by molar-refractivity contribution is 7.89. The molecule has 166 valence electrons. The molecule has 1 heterocycles. The summed E-state index contributed by atoms with van der Waals surface area (Å²) in [6, 6.07) is 9.68. The predicted molar refractivity (Wildman–Crippen MR) is 112 cm³/mol. The van der Waals surface area contributed by atoms with Crippen molar-refractivity contribution >= 4 is 22.0 Å². The van der Waals surface area contributed by atoms with Crippen LogP contribution in [0, 0.1) is 13.8 Å². The van der Waals surface area contributed by atoms with Crippen LogP contribution in [0.4, 0.5) is 13.2 Å². The number of carbonyl (C=O) groups is 1. The lowest BCUT2D eigenvalue weighted by Crippen LogP contribution is -2.50. The number of nitrogens with zero attached hydrogens (tertiary/aromatic N) is 2. The Hall–Kier alpha value is -2.65. The van der Waals surface area contributed by atoms with Crippen molar-refractivity contribution in [2.45, 2.75) is 24.9 Å². The van der Waals surface area contributed by atoms with Gasteiger partial charge in [-0.3, -0.25) is 4.79 Å². The van der Waals surface area contributed by atoms with E-state index in [0.717, 1.165) is 23.3 Å². The number of hydrogen-bond acceptors (Lipinski definition) is 3. The van der Waals surface area contributed by atoms with Gasteiger partial charge in [0.15, 0.2) is 0 Å².